The number of ether oxygens (including phenoxy) is 1. The molecular formula is C10H17N3O3. The topological polar surface area (TPSA) is 77.2 Å². The molecule has 0 atom stereocenters. The third-order valence-electron chi connectivity index (χ3n) is 1.95. The van der Waals surface area contributed by atoms with Gasteiger partial charge in [-0.25, -0.2) is 0 Å². The van der Waals surface area contributed by atoms with E-state index in [0.717, 1.165) is 12.8 Å². The van der Waals surface area contributed by atoms with Crippen molar-refractivity contribution < 1.29 is 14.1 Å². The van der Waals surface area contributed by atoms with E-state index in [1.165, 1.54) is 6.33 Å². The zero-order valence-electron chi connectivity index (χ0n) is 9.44. The molecule has 0 radical (unpaired) electrons. The van der Waals surface area contributed by atoms with E-state index in [9.17, 15) is 4.79 Å². The van der Waals surface area contributed by atoms with E-state index in [4.69, 9.17) is 9.26 Å². The number of nitrogens with zero attached hydrogens (tertiary/aromatic N) is 2. The highest BCUT2D eigenvalue weighted by Crippen LogP contribution is 1.91. The summed E-state index contributed by atoms with van der Waals surface area (Å²) in [6, 6.07) is 0. The molecule has 1 rings (SSSR count). The molecule has 6 nitrogen and oxygen atoms in total. The van der Waals surface area contributed by atoms with Crippen LogP contribution in [-0.4, -0.2) is 35.8 Å². The van der Waals surface area contributed by atoms with Crippen molar-refractivity contribution in [2.75, 3.05) is 19.7 Å². The minimum absolute atomic E-state index is 0.220. The van der Waals surface area contributed by atoms with E-state index in [1.54, 1.807) is 0 Å². The molecule has 0 aliphatic heterocycles. The molecule has 0 bridgehead atoms. The van der Waals surface area contributed by atoms with Crippen molar-refractivity contribution in [2.45, 2.75) is 26.2 Å². The van der Waals surface area contributed by atoms with Gasteiger partial charge in [-0.15, -0.1) is 0 Å². The molecule has 0 fully saturated rings. The highest BCUT2D eigenvalue weighted by atomic mass is 16.5. The maximum atomic E-state index is 11.1. The van der Waals surface area contributed by atoms with Gasteiger partial charge in [-0.05, 0) is 6.42 Å². The molecule has 16 heavy (non-hydrogen) atoms. The molecule has 1 heterocycles. The summed E-state index contributed by atoms with van der Waals surface area (Å²) in [4.78, 5) is 15.0. The first-order valence-corrected chi connectivity index (χ1v) is 5.44. The fourth-order valence-electron chi connectivity index (χ4n) is 1.07. The second-order valence-electron chi connectivity index (χ2n) is 3.34. The van der Waals surface area contributed by atoms with Gasteiger partial charge in [0.05, 0.1) is 13.2 Å². The Bertz CT molecular complexity index is 288. The number of nitrogens with one attached hydrogen (secondary N) is 1. The van der Waals surface area contributed by atoms with Crippen LogP contribution >= 0.6 is 0 Å². The van der Waals surface area contributed by atoms with Crippen LogP contribution in [0.15, 0.2) is 10.9 Å². The Kier molecular flexibility index (Phi) is 6.17. The number of esters is 1. The predicted molar refractivity (Wildman–Crippen MR) is 56.7 cm³/mol. The van der Waals surface area contributed by atoms with Crippen LogP contribution in [0.1, 0.15) is 25.7 Å². The lowest BCUT2D eigenvalue weighted by Crippen LogP contribution is -2.26. The molecule has 1 aromatic rings. The van der Waals surface area contributed by atoms with Crippen molar-refractivity contribution in [1.82, 2.24) is 15.5 Å². The number of hydrogen-bond acceptors (Lipinski definition) is 6. The molecule has 0 saturated heterocycles. The molecule has 90 valence electrons. The summed E-state index contributed by atoms with van der Waals surface area (Å²) >= 11 is 0. The minimum atomic E-state index is -0.223. The Morgan fingerprint density at radius 2 is 2.50 bits per heavy atom. The first-order valence-electron chi connectivity index (χ1n) is 5.44. The van der Waals surface area contributed by atoms with Gasteiger partial charge < -0.3 is 14.6 Å². The monoisotopic (exact) mass is 227 g/mol. The van der Waals surface area contributed by atoms with Crippen LogP contribution in [-0.2, 0) is 16.0 Å². The maximum Gasteiger partial charge on any atom is 0.319 e. The Labute approximate surface area is 94.4 Å². The number of rotatable bonds is 8. The Morgan fingerprint density at radius 1 is 1.62 bits per heavy atom. The highest BCUT2D eigenvalue weighted by Gasteiger charge is 2.02. The van der Waals surface area contributed by atoms with Crippen molar-refractivity contribution in [1.29, 1.82) is 0 Å². The van der Waals surface area contributed by atoms with E-state index >= 15 is 0 Å². The summed E-state index contributed by atoms with van der Waals surface area (Å²) < 4.78 is 9.77. The summed E-state index contributed by atoms with van der Waals surface area (Å²) in [6.07, 6.45) is 3.90. The lowest BCUT2D eigenvalue weighted by molar-refractivity contribution is -0.142. The van der Waals surface area contributed by atoms with Gasteiger partial charge >= 0.3 is 5.97 Å². The van der Waals surface area contributed by atoms with Gasteiger partial charge in [0.25, 0.3) is 0 Å². The molecule has 0 aromatic carbocycles. The van der Waals surface area contributed by atoms with Crippen LogP contribution in [0.3, 0.4) is 0 Å². The molecular weight excluding hydrogens is 210 g/mol. The largest absolute Gasteiger partial charge is 0.465 e. The standard InChI is InChI=1S/C10H17N3O3/c1-2-3-6-15-10(14)7-11-5-4-9-12-8-13-16-9/h8,11H,2-7H2,1H3. The van der Waals surface area contributed by atoms with Gasteiger partial charge in [0.1, 0.15) is 0 Å². The fourth-order valence-corrected chi connectivity index (χ4v) is 1.07. The predicted octanol–water partition coefficient (Wildman–Crippen LogP) is 0.545. The number of unbranched alkanes of at least 4 members (excludes halogenated alkanes) is 1. The van der Waals surface area contributed by atoms with Crippen molar-refractivity contribution in [2.24, 2.45) is 0 Å². The van der Waals surface area contributed by atoms with Crippen molar-refractivity contribution >= 4 is 5.97 Å². The summed E-state index contributed by atoms with van der Waals surface area (Å²) in [7, 11) is 0. The van der Waals surface area contributed by atoms with E-state index < -0.39 is 0 Å². The summed E-state index contributed by atoms with van der Waals surface area (Å²) in [5, 5.41) is 6.43. The summed E-state index contributed by atoms with van der Waals surface area (Å²) in [6.45, 7) is 3.39. The van der Waals surface area contributed by atoms with Crippen molar-refractivity contribution in [3.8, 4) is 0 Å². The SMILES string of the molecule is CCCCOC(=O)CNCCc1ncno1. The van der Waals surface area contributed by atoms with Gasteiger partial charge in [0, 0.05) is 13.0 Å². The Balaban J connectivity index is 1.96. The molecule has 0 spiro atoms. The Hall–Kier alpha value is -1.43. The molecule has 0 amide bonds. The van der Waals surface area contributed by atoms with Gasteiger partial charge in [-0.2, -0.15) is 4.98 Å². The lowest BCUT2D eigenvalue weighted by atomic mass is 10.4. The lowest BCUT2D eigenvalue weighted by Gasteiger charge is -2.04. The van der Waals surface area contributed by atoms with E-state index in [0.29, 0.717) is 25.5 Å². The maximum absolute atomic E-state index is 11.1. The number of carbonyl (C=O) groups is 1. The molecule has 1 N–H and O–H groups in total. The van der Waals surface area contributed by atoms with E-state index in [-0.39, 0.29) is 12.5 Å². The van der Waals surface area contributed by atoms with Crippen LogP contribution in [0.4, 0.5) is 0 Å². The quantitative estimate of drug-likeness (QED) is 0.516. The molecule has 1 aromatic heterocycles. The van der Waals surface area contributed by atoms with Gasteiger partial charge in [-0.1, -0.05) is 18.5 Å². The number of aromatic nitrogens is 2. The Morgan fingerprint density at radius 3 is 3.19 bits per heavy atom. The second-order valence-corrected chi connectivity index (χ2v) is 3.34. The van der Waals surface area contributed by atoms with Crippen LogP contribution in [0.25, 0.3) is 0 Å². The van der Waals surface area contributed by atoms with Gasteiger partial charge in [0.2, 0.25) is 5.89 Å². The molecule has 0 saturated carbocycles. The van der Waals surface area contributed by atoms with Gasteiger partial charge in [0.15, 0.2) is 6.33 Å². The fraction of sp³-hybridized carbons (Fsp3) is 0.700. The molecule has 0 unspecified atom stereocenters. The summed E-state index contributed by atoms with van der Waals surface area (Å²) in [5.41, 5.74) is 0. The normalized spacial score (nSPS) is 10.3. The third-order valence-corrected chi connectivity index (χ3v) is 1.95. The van der Waals surface area contributed by atoms with Crippen molar-refractivity contribution in [3.05, 3.63) is 12.2 Å². The number of hydrogen-bond donors (Lipinski definition) is 1. The first kappa shape index (κ1) is 12.6. The third kappa shape index (κ3) is 5.45. The zero-order valence-corrected chi connectivity index (χ0v) is 9.44. The summed E-state index contributed by atoms with van der Waals surface area (Å²) in [5.74, 6) is 0.339. The minimum Gasteiger partial charge on any atom is -0.465 e. The van der Waals surface area contributed by atoms with Crippen molar-refractivity contribution in [3.63, 3.8) is 0 Å². The molecule has 6 heteroatoms. The van der Waals surface area contributed by atoms with E-state index in [1.807, 2.05) is 0 Å². The molecule has 0 aliphatic carbocycles. The first-order chi connectivity index (χ1) is 7.83. The van der Waals surface area contributed by atoms with Crippen LogP contribution in [0, 0.1) is 0 Å². The van der Waals surface area contributed by atoms with Crippen LogP contribution < -0.4 is 5.32 Å². The molecule has 0 aliphatic rings. The smallest absolute Gasteiger partial charge is 0.319 e. The second kappa shape index (κ2) is 7.81. The highest BCUT2D eigenvalue weighted by molar-refractivity contribution is 5.71. The average molecular weight is 227 g/mol. The van der Waals surface area contributed by atoms with E-state index in [2.05, 4.69) is 22.4 Å². The zero-order chi connectivity index (χ0) is 11.6. The van der Waals surface area contributed by atoms with Crippen LogP contribution in [0.5, 0.6) is 0 Å². The average Bonchev–Trinajstić information content (AvgIpc) is 2.78. The number of carbonyl (C=O) groups excluding carboxylic acids is 1. The van der Waals surface area contributed by atoms with Crippen LogP contribution in [0.2, 0.25) is 0 Å². The van der Waals surface area contributed by atoms with Gasteiger partial charge in [-0.3, -0.25) is 4.79 Å².